The zero-order valence-electron chi connectivity index (χ0n) is 11.6. The van der Waals surface area contributed by atoms with Gasteiger partial charge in [-0.2, -0.15) is 0 Å². The van der Waals surface area contributed by atoms with Crippen molar-refractivity contribution in [1.82, 2.24) is 5.32 Å². The van der Waals surface area contributed by atoms with Gasteiger partial charge in [-0.3, -0.25) is 0 Å². The van der Waals surface area contributed by atoms with E-state index in [0.717, 1.165) is 13.0 Å². The Kier molecular flexibility index (Phi) is 4.42. The lowest BCUT2D eigenvalue weighted by Gasteiger charge is -2.44. The standard InChI is InChI=1S/C14H29NO/c1-11(2)12-8-6-7-9-14(12,16)10-15-13(3,4)5/h11-12,15-16H,6-10H2,1-5H3. The summed E-state index contributed by atoms with van der Waals surface area (Å²) in [7, 11) is 0. The summed E-state index contributed by atoms with van der Waals surface area (Å²) in [6.07, 6.45) is 4.59. The largest absolute Gasteiger partial charge is 0.388 e. The summed E-state index contributed by atoms with van der Waals surface area (Å²) in [4.78, 5) is 0. The van der Waals surface area contributed by atoms with E-state index in [1.807, 2.05) is 0 Å². The number of rotatable bonds is 3. The normalized spacial score (nSPS) is 32.1. The SMILES string of the molecule is CC(C)C1CCCCC1(O)CNC(C)(C)C. The van der Waals surface area contributed by atoms with E-state index in [-0.39, 0.29) is 5.54 Å². The highest BCUT2D eigenvalue weighted by molar-refractivity contribution is 4.94. The van der Waals surface area contributed by atoms with Crippen LogP contribution in [0.3, 0.4) is 0 Å². The van der Waals surface area contributed by atoms with Crippen LogP contribution in [-0.4, -0.2) is 22.8 Å². The van der Waals surface area contributed by atoms with Crippen LogP contribution in [0.2, 0.25) is 0 Å². The highest BCUT2D eigenvalue weighted by Crippen LogP contribution is 2.38. The lowest BCUT2D eigenvalue weighted by atomic mass is 9.70. The van der Waals surface area contributed by atoms with Gasteiger partial charge in [0.25, 0.3) is 0 Å². The molecule has 0 spiro atoms. The maximum Gasteiger partial charge on any atom is 0.0802 e. The lowest BCUT2D eigenvalue weighted by molar-refractivity contribution is -0.0671. The lowest BCUT2D eigenvalue weighted by Crippen LogP contribution is -2.54. The van der Waals surface area contributed by atoms with E-state index in [0.29, 0.717) is 11.8 Å². The molecule has 2 atom stereocenters. The summed E-state index contributed by atoms with van der Waals surface area (Å²) >= 11 is 0. The topological polar surface area (TPSA) is 32.3 Å². The molecule has 2 N–H and O–H groups in total. The molecule has 1 fully saturated rings. The van der Waals surface area contributed by atoms with Gasteiger partial charge in [0.2, 0.25) is 0 Å². The van der Waals surface area contributed by atoms with E-state index >= 15 is 0 Å². The van der Waals surface area contributed by atoms with Crippen LogP contribution in [-0.2, 0) is 0 Å². The molecule has 0 amide bonds. The monoisotopic (exact) mass is 227 g/mol. The van der Waals surface area contributed by atoms with Crippen molar-refractivity contribution in [2.75, 3.05) is 6.54 Å². The number of hydrogen-bond donors (Lipinski definition) is 2. The first kappa shape index (κ1) is 14.0. The smallest absolute Gasteiger partial charge is 0.0802 e. The van der Waals surface area contributed by atoms with Crippen molar-refractivity contribution in [2.45, 2.75) is 71.4 Å². The quantitative estimate of drug-likeness (QED) is 0.777. The van der Waals surface area contributed by atoms with Crippen molar-refractivity contribution in [3.63, 3.8) is 0 Å². The van der Waals surface area contributed by atoms with Crippen molar-refractivity contribution in [3.05, 3.63) is 0 Å². The predicted molar refractivity (Wildman–Crippen MR) is 69.5 cm³/mol. The molecule has 2 unspecified atom stereocenters. The average molecular weight is 227 g/mol. The highest BCUT2D eigenvalue weighted by atomic mass is 16.3. The summed E-state index contributed by atoms with van der Waals surface area (Å²) in [5.74, 6) is 1.03. The van der Waals surface area contributed by atoms with Crippen LogP contribution < -0.4 is 5.32 Å². The fraction of sp³-hybridized carbons (Fsp3) is 1.00. The fourth-order valence-electron chi connectivity index (χ4n) is 2.84. The molecule has 0 aromatic heterocycles. The Morgan fingerprint density at radius 1 is 1.31 bits per heavy atom. The third-order valence-electron chi connectivity index (χ3n) is 3.79. The molecular weight excluding hydrogens is 198 g/mol. The molecule has 0 radical (unpaired) electrons. The fourth-order valence-corrected chi connectivity index (χ4v) is 2.84. The molecular formula is C14H29NO. The molecule has 0 aliphatic heterocycles. The molecule has 0 aromatic rings. The maximum absolute atomic E-state index is 10.8. The van der Waals surface area contributed by atoms with Crippen molar-refractivity contribution in [2.24, 2.45) is 11.8 Å². The first-order valence-corrected chi connectivity index (χ1v) is 6.72. The minimum Gasteiger partial charge on any atom is -0.388 e. The number of hydrogen-bond acceptors (Lipinski definition) is 2. The van der Waals surface area contributed by atoms with Crippen molar-refractivity contribution >= 4 is 0 Å². The van der Waals surface area contributed by atoms with E-state index in [1.54, 1.807) is 0 Å². The number of β-amino-alcohol motifs (C(OH)–C–C–N with tert-alkyl or cyclic N) is 1. The van der Waals surface area contributed by atoms with Crippen LogP contribution in [0.4, 0.5) is 0 Å². The Morgan fingerprint density at radius 3 is 2.44 bits per heavy atom. The van der Waals surface area contributed by atoms with Gasteiger partial charge in [0.05, 0.1) is 5.60 Å². The Morgan fingerprint density at radius 2 is 1.94 bits per heavy atom. The molecule has 0 bridgehead atoms. The molecule has 1 rings (SSSR count). The molecule has 16 heavy (non-hydrogen) atoms. The van der Waals surface area contributed by atoms with Crippen LogP contribution in [0.25, 0.3) is 0 Å². The van der Waals surface area contributed by atoms with Crippen molar-refractivity contribution in [1.29, 1.82) is 0 Å². The van der Waals surface area contributed by atoms with Gasteiger partial charge in [0.1, 0.15) is 0 Å². The van der Waals surface area contributed by atoms with Gasteiger partial charge in [-0.1, -0.05) is 26.7 Å². The van der Waals surface area contributed by atoms with Crippen LogP contribution in [0.5, 0.6) is 0 Å². The van der Waals surface area contributed by atoms with Gasteiger partial charge in [-0.25, -0.2) is 0 Å². The van der Waals surface area contributed by atoms with Crippen LogP contribution in [0.15, 0.2) is 0 Å². The van der Waals surface area contributed by atoms with E-state index in [1.165, 1.54) is 19.3 Å². The number of nitrogens with one attached hydrogen (secondary N) is 1. The second kappa shape index (κ2) is 5.05. The number of aliphatic hydroxyl groups is 1. The molecule has 1 aliphatic carbocycles. The second-order valence-electron chi connectivity index (χ2n) is 6.80. The zero-order valence-corrected chi connectivity index (χ0v) is 11.6. The van der Waals surface area contributed by atoms with Crippen molar-refractivity contribution in [3.8, 4) is 0 Å². The van der Waals surface area contributed by atoms with E-state index in [2.05, 4.69) is 39.9 Å². The van der Waals surface area contributed by atoms with Crippen LogP contribution >= 0.6 is 0 Å². The van der Waals surface area contributed by atoms with Gasteiger partial charge in [-0.05, 0) is 45.4 Å². The molecule has 1 saturated carbocycles. The van der Waals surface area contributed by atoms with Crippen LogP contribution in [0, 0.1) is 11.8 Å². The Balaban J connectivity index is 2.63. The second-order valence-corrected chi connectivity index (χ2v) is 6.80. The minimum absolute atomic E-state index is 0.0920. The third-order valence-corrected chi connectivity index (χ3v) is 3.79. The summed E-state index contributed by atoms with van der Waals surface area (Å²) in [6, 6.07) is 0. The molecule has 0 heterocycles. The van der Waals surface area contributed by atoms with Gasteiger partial charge in [0, 0.05) is 12.1 Å². The average Bonchev–Trinajstić information content (AvgIpc) is 2.14. The van der Waals surface area contributed by atoms with Gasteiger partial charge in [0.15, 0.2) is 0 Å². The van der Waals surface area contributed by atoms with Gasteiger partial charge in [-0.15, -0.1) is 0 Å². The third kappa shape index (κ3) is 3.74. The Bertz CT molecular complexity index is 219. The first-order chi connectivity index (χ1) is 7.25. The molecule has 2 nitrogen and oxygen atoms in total. The minimum atomic E-state index is -0.486. The molecule has 2 heteroatoms. The van der Waals surface area contributed by atoms with E-state index in [4.69, 9.17) is 0 Å². The Labute approximate surface area is 101 Å². The summed E-state index contributed by atoms with van der Waals surface area (Å²) in [5.41, 5.74) is -0.394. The van der Waals surface area contributed by atoms with Gasteiger partial charge >= 0.3 is 0 Å². The zero-order chi connectivity index (χ0) is 12.4. The summed E-state index contributed by atoms with van der Waals surface area (Å²) in [6.45, 7) is 11.7. The summed E-state index contributed by atoms with van der Waals surface area (Å²) in [5, 5.41) is 14.3. The highest BCUT2D eigenvalue weighted by Gasteiger charge is 2.40. The van der Waals surface area contributed by atoms with Crippen LogP contribution in [0.1, 0.15) is 60.3 Å². The van der Waals surface area contributed by atoms with E-state index < -0.39 is 5.60 Å². The van der Waals surface area contributed by atoms with E-state index in [9.17, 15) is 5.11 Å². The molecule has 0 saturated heterocycles. The molecule has 0 aromatic carbocycles. The predicted octanol–water partition coefficient (Wildman–Crippen LogP) is 2.95. The molecule has 96 valence electrons. The Hall–Kier alpha value is -0.0800. The summed E-state index contributed by atoms with van der Waals surface area (Å²) < 4.78 is 0. The van der Waals surface area contributed by atoms with Gasteiger partial charge < -0.3 is 10.4 Å². The molecule has 1 aliphatic rings. The maximum atomic E-state index is 10.8. The van der Waals surface area contributed by atoms with Crippen molar-refractivity contribution < 1.29 is 5.11 Å². The first-order valence-electron chi connectivity index (χ1n) is 6.72.